The smallest absolute Gasteiger partial charge is 0.119 e. The van der Waals surface area contributed by atoms with E-state index in [1.807, 2.05) is 24.3 Å². The molecule has 0 aliphatic heterocycles. The normalized spacial score (nSPS) is 10.4. The summed E-state index contributed by atoms with van der Waals surface area (Å²) in [6, 6.07) is 33.4. The van der Waals surface area contributed by atoms with Crippen molar-refractivity contribution < 1.29 is 9.47 Å². The van der Waals surface area contributed by atoms with Gasteiger partial charge in [-0.3, -0.25) is 0 Å². The van der Waals surface area contributed by atoms with Gasteiger partial charge >= 0.3 is 0 Å². The standard InChI is InChI=1S/C44H50O2/c1-3-5-7-9-11-15-35-45-43-31-27-41(28-32-43)39-23-19-37(20-24-39)17-13-14-18-38-21-25-40(26-22-38)42-29-33-44(34-30-42)46-36-16-12-10-8-6-4-2/h19-34H,3-12,15-16,35-36H2,1-2H3. The van der Waals surface area contributed by atoms with E-state index in [1.165, 1.54) is 75.3 Å². The Hall–Kier alpha value is -4.40. The fourth-order valence-corrected chi connectivity index (χ4v) is 5.33. The highest BCUT2D eigenvalue weighted by Gasteiger charge is 2.01. The molecule has 0 radical (unpaired) electrons. The molecule has 0 fully saturated rings. The van der Waals surface area contributed by atoms with Crippen molar-refractivity contribution in [1.82, 2.24) is 0 Å². The van der Waals surface area contributed by atoms with Crippen LogP contribution in [-0.4, -0.2) is 13.2 Å². The SMILES string of the molecule is CCCCCCCCOc1ccc(-c2ccc(C#CC#Cc3ccc(-c4ccc(OCCCCCCCC)cc4)cc3)cc2)cc1. The maximum Gasteiger partial charge on any atom is 0.119 e. The molecule has 238 valence electrons. The van der Waals surface area contributed by atoms with Crippen molar-refractivity contribution in [2.24, 2.45) is 0 Å². The van der Waals surface area contributed by atoms with Crippen LogP contribution in [-0.2, 0) is 0 Å². The van der Waals surface area contributed by atoms with Gasteiger partial charge in [0.25, 0.3) is 0 Å². The van der Waals surface area contributed by atoms with Crippen LogP contribution >= 0.6 is 0 Å². The van der Waals surface area contributed by atoms with Gasteiger partial charge in [-0.2, -0.15) is 0 Å². The highest BCUT2D eigenvalue weighted by molar-refractivity contribution is 5.66. The number of hydrogen-bond donors (Lipinski definition) is 0. The second kappa shape index (κ2) is 20.6. The Balaban J connectivity index is 1.20. The molecule has 0 aromatic heterocycles. The Bertz CT molecular complexity index is 1400. The maximum atomic E-state index is 5.93. The van der Waals surface area contributed by atoms with E-state index in [9.17, 15) is 0 Å². The number of hydrogen-bond acceptors (Lipinski definition) is 2. The van der Waals surface area contributed by atoms with Gasteiger partial charge in [0.1, 0.15) is 11.5 Å². The Kier molecular flexibility index (Phi) is 15.4. The summed E-state index contributed by atoms with van der Waals surface area (Å²) in [6.07, 6.45) is 15.3. The van der Waals surface area contributed by atoms with Gasteiger partial charge in [-0.15, -0.1) is 0 Å². The van der Waals surface area contributed by atoms with Crippen LogP contribution in [0.15, 0.2) is 97.1 Å². The predicted molar refractivity (Wildman–Crippen MR) is 195 cm³/mol. The predicted octanol–water partition coefficient (Wildman–Crippen LogP) is 11.9. The molecule has 0 saturated heterocycles. The fraction of sp³-hybridized carbons (Fsp3) is 0.364. The van der Waals surface area contributed by atoms with Crippen LogP contribution in [0.5, 0.6) is 11.5 Å². The molecule has 0 aliphatic rings. The molecular formula is C44H50O2. The minimum absolute atomic E-state index is 0.789. The minimum atomic E-state index is 0.789. The third kappa shape index (κ3) is 12.5. The van der Waals surface area contributed by atoms with Gasteiger partial charge in [-0.25, -0.2) is 0 Å². The van der Waals surface area contributed by atoms with Gasteiger partial charge in [-0.1, -0.05) is 138 Å². The average molecular weight is 611 g/mol. The van der Waals surface area contributed by atoms with Gasteiger partial charge in [0.15, 0.2) is 0 Å². The van der Waals surface area contributed by atoms with Crippen molar-refractivity contribution in [3.8, 4) is 57.4 Å². The molecule has 4 aromatic rings. The van der Waals surface area contributed by atoms with E-state index >= 15 is 0 Å². The quantitative estimate of drug-likeness (QED) is 0.0824. The van der Waals surface area contributed by atoms with Crippen LogP contribution in [0.4, 0.5) is 0 Å². The van der Waals surface area contributed by atoms with Crippen molar-refractivity contribution in [2.75, 3.05) is 13.2 Å². The summed E-state index contributed by atoms with van der Waals surface area (Å²) in [6.45, 7) is 6.08. The van der Waals surface area contributed by atoms with Gasteiger partial charge in [0.05, 0.1) is 13.2 Å². The molecular weight excluding hydrogens is 560 g/mol. The number of unbranched alkanes of at least 4 members (excludes halogenated alkanes) is 10. The molecule has 0 spiro atoms. The first-order valence-corrected chi connectivity index (χ1v) is 17.4. The number of rotatable bonds is 18. The minimum Gasteiger partial charge on any atom is -0.494 e. The van der Waals surface area contributed by atoms with Crippen LogP contribution in [0.1, 0.15) is 102 Å². The lowest BCUT2D eigenvalue weighted by molar-refractivity contribution is 0.304. The molecule has 4 aromatic carbocycles. The van der Waals surface area contributed by atoms with E-state index in [2.05, 4.69) is 110 Å². The molecule has 2 nitrogen and oxygen atoms in total. The summed E-state index contributed by atoms with van der Waals surface area (Å²) in [5, 5.41) is 0. The Morgan fingerprint density at radius 1 is 0.370 bits per heavy atom. The lowest BCUT2D eigenvalue weighted by atomic mass is 10.0. The summed E-state index contributed by atoms with van der Waals surface area (Å²) in [5.74, 6) is 14.2. The number of ether oxygens (including phenoxy) is 2. The average Bonchev–Trinajstić information content (AvgIpc) is 3.10. The van der Waals surface area contributed by atoms with E-state index in [0.717, 1.165) is 59.8 Å². The first kappa shape index (κ1) is 34.5. The zero-order valence-corrected chi connectivity index (χ0v) is 28.0. The van der Waals surface area contributed by atoms with Crippen LogP contribution in [0.25, 0.3) is 22.3 Å². The maximum absolute atomic E-state index is 5.93. The summed E-state index contributed by atoms with van der Waals surface area (Å²) < 4.78 is 11.9. The van der Waals surface area contributed by atoms with E-state index in [0.29, 0.717) is 0 Å². The molecule has 0 heterocycles. The summed E-state index contributed by atoms with van der Waals surface area (Å²) in [4.78, 5) is 0. The number of benzene rings is 4. The largest absolute Gasteiger partial charge is 0.494 e. The van der Waals surface area contributed by atoms with Crippen molar-refractivity contribution in [2.45, 2.75) is 90.9 Å². The van der Waals surface area contributed by atoms with Crippen LogP contribution in [0.2, 0.25) is 0 Å². The third-order valence-electron chi connectivity index (χ3n) is 8.15. The van der Waals surface area contributed by atoms with Gasteiger partial charge in [0, 0.05) is 11.1 Å². The third-order valence-corrected chi connectivity index (χ3v) is 8.15. The van der Waals surface area contributed by atoms with E-state index < -0.39 is 0 Å². The molecule has 4 rings (SSSR count). The molecule has 0 aliphatic carbocycles. The monoisotopic (exact) mass is 610 g/mol. The summed E-state index contributed by atoms with van der Waals surface area (Å²) in [5.41, 5.74) is 6.56. The first-order chi connectivity index (χ1) is 22.7. The van der Waals surface area contributed by atoms with Crippen molar-refractivity contribution in [3.05, 3.63) is 108 Å². The van der Waals surface area contributed by atoms with E-state index in [1.54, 1.807) is 0 Å². The summed E-state index contributed by atoms with van der Waals surface area (Å²) in [7, 11) is 0. The van der Waals surface area contributed by atoms with Crippen LogP contribution in [0.3, 0.4) is 0 Å². The Morgan fingerprint density at radius 3 is 1.02 bits per heavy atom. The van der Waals surface area contributed by atoms with Crippen molar-refractivity contribution >= 4 is 0 Å². The van der Waals surface area contributed by atoms with Gasteiger partial charge < -0.3 is 9.47 Å². The zero-order valence-electron chi connectivity index (χ0n) is 28.0. The highest BCUT2D eigenvalue weighted by atomic mass is 16.5. The van der Waals surface area contributed by atoms with E-state index in [-0.39, 0.29) is 0 Å². The Labute approximate surface area is 278 Å². The second-order valence-corrected chi connectivity index (χ2v) is 11.9. The van der Waals surface area contributed by atoms with Crippen LogP contribution in [0, 0.1) is 23.7 Å². The molecule has 2 heteroatoms. The van der Waals surface area contributed by atoms with Gasteiger partial charge in [-0.05, 0) is 95.5 Å². The lowest BCUT2D eigenvalue weighted by Crippen LogP contribution is -1.97. The molecule has 0 bridgehead atoms. The molecule has 0 N–H and O–H groups in total. The molecule has 0 saturated carbocycles. The summed E-state index contributed by atoms with van der Waals surface area (Å²) >= 11 is 0. The second-order valence-electron chi connectivity index (χ2n) is 11.9. The lowest BCUT2D eigenvalue weighted by Gasteiger charge is -2.08. The molecule has 0 unspecified atom stereocenters. The van der Waals surface area contributed by atoms with Gasteiger partial charge in [0.2, 0.25) is 0 Å². The highest BCUT2D eigenvalue weighted by Crippen LogP contribution is 2.24. The molecule has 46 heavy (non-hydrogen) atoms. The molecule has 0 amide bonds. The topological polar surface area (TPSA) is 18.5 Å². The van der Waals surface area contributed by atoms with Crippen LogP contribution < -0.4 is 9.47 Å². The van der Waals surface area contributed by atoms with E-state index in [4.69, 9.17) is 9.47 Å². The van der Waals surface area contributed by atoms with Crippen molar-refractivity contribution in [3.63, 3.8) is 0 Å². The van der Waals surface area contributed by atoms with Crippen molar-refractivity contribution in [1.29, 1.82) is 0 Å². The fourth-order valence-electron chi connectivity index (χ4n) is 5.33. The Morgan fingerprint density at radius 2 is 0.674 bits per heavy atom. The zero-order chi connectivity index (χ0) is 32.1. The molecule has 0 atom stereocenters. The first-order valence-electron chi connectivity index (χ1n) is 17.4.